The van der Waals surface area contributed by atoms with Gasteiger partial charge in [-0.3, -0.25) is 4.79 Å². The molecule has 0 saturated heterocycles. The zero-order chi connectivity index (χ0) is 33.0. The monoisotopic (exact) mass is 572 g/mol. The summed E-state index contributed by atoms with van der Waals surface area (Å²) in [5.74, 6) is -7.12. The number of rotatable bonds is 2. The summed E-state index contributed by atoms with van der Waals surface area (Å²) in [6, 6.07) is 6.65. The SMILES string of the molecule is O=C([O-])C(F)(F)F.O=C([O-])C(F)(F)F.[2H]/C(C(=O)N([2H])c1cc[n+]([2H])cc1)=C1\c2nn([2H])n[n+]2-c2ccc(Cl)cc2N1[2H]. The largest absolute Gasteiger partial charge is 0.542 e. The molecule has 0 aliphatic carbocycles. The van der Waals surface area contributed by atoms with Crippen LogP contribution in [0.4, 0.5) is 37.7 Å². The fourth-order valence-corrected chi connectivity index (χ4v) is 2.35. The number of fused-ring (bicyclic) bond motifs is 3. The minimum Gasteiger partial charge on any atom is -0.542 e. The van der Waals surface area contributed by atoms with Gasteiger partial charge in [0, 0.05) is 23.2 Å². The predicted molar refractivity (Wildman–Crippen MR) is 108 cm³/mol. The van der Waals surface area contributed by atoms with Gasteiger partial charge in [-0.15, -0.1) is 0 Å². The van der Waals surface area contributed by atoms with Crippen LogP contribution in [0.25, 0.3) is 11.4 Å². The highest BCUT2D eigenvalue weighted by Gasteiger charge is 2.30. The van der Waals surface area contributed by atoms with E-state index in [1.807, 2.05) is 0 Å². The molecule has 4 N–H and O–H groups in total. The summed E-state index contributed by atoms with van der Waals surface area (Å²) in [5, 5.41) is 27.4. The molecule has 2 aromatic heterocycles. The first-order chi connectivity index (χ1) is 19.7. The van der Waals surface area contributed by atoms with Crippen molar-refractivity contribution in [2.75, 3.05) is 10.6 Å². The van der Waals surface area contributed by atoms with E-state index in [4.69, 9.17) is 38.4 Å². The molecule has 38 heavy (non-hydrogen) atoms. The van der Waals surface area contributed by atoms with Crippen molar-refractivity contribution in [3.63, 3.8) is 0 Å². The Morgan fingerprint density at radius 2 is 1.68 bits per heavy atom. The van der Waals surface area contributed by atoms with Crippen LogP contribution < -0.4 is 30.5 Å². The number of H-pyrrole nitrogens is 2. The Bertz CT molecular complexity index is 1550. The second-order valence-corrected chi connectivity index (χ2v) is 6.76. The Hall–Kier alpha value is -4.74. The number of alkyl halides is 6. The number of carboxylic acid groups (broad SMARTS) is 2. The second-order valence-electron chi connectivity index (χ2n) is 6.33. The van der Waals surface area contributed by atoms with E-state index in [9.17, 15) is 31.1 Å². The minimum absolute atomic E-state index is 0.0753. The molecule has 1 aliphatic heterocycles. The van der Waals surface area contributed by atoms with E-state index >= 15 is 0 Å². The van der Waals surface area contributed by atoms with Crippen molar-refractivity contribution in [3.05, 3.63) is 59.6 Å². The van der Waals surface area contributed by atoms with Crippen molar-refractivity contribution < 1.29 is 67.6 Å². The molecule has 0 radical (unpaired) electrons. The normalized spacial score (nSPS) is 15.2. The lowest BCUT2D eigenvalue weighted by molar-refractivity contribution is -0.662. The number of nitrogens with one attached hydrogen (secondary N) is 4. The average Bonchev–Trinajstić information content (AvgIpc) is 3.28. The summed E-state index contributed by atoms with van der Waals surface area (Å²) < 4.78 is 104. The van der Waals surface area contributed by atoms with Crippen molar-refractivity contribution in [2.45, 2.75) is 12.4 Å². The zero-order valence-electron chi connectivity index (χ0n) is 22.9. The molecule has 0 unspecified atom stereocenters. The zero-order valence-corrected chi connectivity index (χ0v) is 18.6. The van der Waals surface area contributed by atoms with Gasteiger partial charge in [0.15, 0.2) is 20.9 Å². The van der Waals surface area contributed by atoms with Gasteiger partial charge in [-0.25, -0.2) is 4.98 Å². The summed E-state index contributed by atoms with van der Waals surface area (Å²) >= 11 is 6.02. The smallest absolute Gasteiger partial charge is 0.453 e. The Morgan fingerprint density at radius 1 is 1.13 bits per heavy atom. The number of amides is 1. The third-order valence-electron chi connectivity index (χ3n) is 3.66. The Labute approximate surface area is 218 Å². The number of aromatic amines is 2. The van der Waals surface area contributed by atoms with Gasteiger partial charge in [0.05, 0.1) is 23.1 Å². The van der Waals surface area contributed by atoms with E-state index in [1.54, 1.807) is 12.1 Å². The molecule has 0 saturated carbocycles. The van der Waals surface area contributed by atoms with Crippen molar-refractivity contribution in [1.29, 1.82) is 0 Å². The summed E-state index contributed by atoms with van der Waals surface area (Å²) in [5.41, 5.74) is 0.505. The van der Waals surface area contributed by atoms with Crippen molar-refractivity contribution >= 4 is 46.5 Å². The number of hydrogen-bond acceptors (Lipinski definition) is 8. The van der Waals surface area contributed by atoms with Crippen LogP contribution in [0.1, 0.15) is 7.20 Å². The number of nitrogens with zero attached hydrogens (tertiary/aromatic N) is 3. The first-order valence-corrected chi connectivity index (χ1v) is 9.64. The molecule has 0 bridgehead atoms. The number of anilines is 2. The fourth-order valence-electron chi connectivity index (χ4n) is 2.18. The topological polar surface area (TPSA) is 181 Å². The maximum absolute atomic E-state index is 12.8. The van der Waals surface area contributed by atoms with Gasteiger partial charge in [-0.1, -0.05) is 16.3 Å². The highest BCUT2D eigenvalue weighted by molar-refractivity contribution is 6.31. The van der Waals surface area contributed by atoms with Gasteiger partial charge in [0.25, 0.3) is 5.91 Å². The van der Waals surface area contributed by atoms with Crippen LogP contribution in [0.3, 0.4) is 0 Å². The summed E-state index contributed by atoms with van der Waals surface area (Å²) in [7, 11) is 0. The lowest BCUT2D eigenvalue weighted by Gasteiger charge is -2.15. The molecule has 12 nitrogen and oxygen atoms in total. The maximum atomic E-state index is 12.8. The third-order valence-corrected chi connectivity index (χ3v) is 3.90. The summed E-state index contributed by atoms with van der Waals surface area (Å²) in [4.78, 5) is 31.3. The fraction of sp³-hybridized carbons (Fsp3) is 0.105. The molecule has 1 amide bonds. The van der Waals surface area contributed by atoms with Gasteiger partial charge >= 0.3 is 21.0 Å². The van der Waals surface area contributed by atoms with E-state index in [-0.39, 0.29) is 22.9 Å². The van der Waals surface area contributed by atoms with Crippen molar-refractivity contribution in [1.82, 2.24) is 15.5 Å². The van der Waals surface area contributed by atoms with Crippen LogP contribution in [-0.2, 0) is 14.4 Å². The van der Waals surface area contributed by atoms with Crippen LogP contribution in [0.2, 0.25) is 10.7 Å². The van der Waals surface area contributed by atoms with E-state index in [0.29, 0.717) is 21.2 Å². The number of carbonyl (C=O) groups excluding carboxylic acids is 3. The van der Waals surface area contributed by atoms with Crippen LogP contribution >= 0.6 is 11.6 Å². The molecule has 1 aromatic carbocycles. The molecule has 0 spiro atoms. The molecule has 3 aromatic rings. The number of aromatic nitrogens is 5. The van der Waals surface area contributed by atoms with E-state index < -0.39 is 36.3 Å². The Kier molecular flexibility index (Phi) is 7.09. The third kappa shape index (κ3) is 8.43. The van der Waals surface area contributed by atoms with Gasteiger partial charge in [0.1, 0.15) is 17.6 Å². The number of tetrazole rings is 1. The van der Waals surface area contributed by atoms with Crippen LogP contribution in [-0.4, -0.2) is 45.7 Å². The van der Waals surface area contributed by atoms with Crippen molar-refractivity contribution in [3.8, 4) is 5.69 Å². The molecular formula is C19H12ClF6N7O5. The summed E-state index contributed by atoms with van der Waals surface area (Å²) in [6.07, 6.45) is -7.73. The molecular weight excluding hydrogens is 556 g/mol. The summed E-state index contributed by atoms with van der Waals surface area (Å²) in [6.45, 7) is 0. The number of carboxylic acids is 2. The number of pyridine rings is 1. The lowest BCUT2D eigenvalue weighted by Crippen LogP contribution is -2.41. The highest BCUT2D eigenvalue weighted by atomic mass is 35.5. The van der Waals surface area contributed by atoms with Gasteiger partial charge in [-0.2, -0.15) is 26.3 Å². The minimum atomic E-state index is -5.19. The van der Waals surface area contributed by atoms with E-state index in [0.717, 1.165) is 10.3 Å². The maximum Gasteiger partial charge on any atom is 0.453 e. The molecule has 3 heterocycles. The number of aliphatic carboxylic acids is 2. The molecule has 0 fully saturated rings. The average molecular weight is 573 g/mol. The van der Waals surface area contributed by atoms with Crippen LogP contribution in [0, 0.1) is 0 Å². The first-order valence-electron chi connectivity index (χ1n) is 11.5. The number of halogens is 7. The van der Waals surface area contributed by atoms with Crippen LogP contribution in [0.15, 0.2) is 48.8 Å². The Balaban J connectivity index is 0.000000384. The molecule has 19 heteroatoms. The lowest BCUT2D eigenvalue weighted by atomic mass is 10.2. The highest BCUT2D eigenvalue weighted by Crippen LogP contribution is 2.28. The van der Waals surface area contributed by atoms with Gasteiger partial charge in [-0.05, 0) is 23.4 Å². The van der Waals surface area contributed by atoms with Crippen molar-refractivity contribution in [2.24, 2.45) is 0 Å². The molecule has 4 rings (SSSR count). The predicted octanol–water partition coefficient (Wildman–Crippen LogP) is -0.449. The number of carbonyl (C=O) groups is 3. The van der Waals surface area contributed by atoms with Crippen LogP contribution in [0.5, 0.6) is 0 Å². The quantitative estimate of drug-likeness (QED) is 0.210. The second kappa shape index (κ2) is 12.0. The molecule has 0 atom stereocenters. The number of benzene rings is 1. The van der Waals surface area contributed by atoms with E-state index in [2.05, 4.69) is 10.3 Å². The standard InChI is InChI=1S/C15H10ClN7O.2C2HF3O2/c16-9-1-2-13-11(7-9)19-12(15-20-21-22-23(13)15)8-14(24)18-10-3-5-17-6-4-10;2*3-2(4,5)1(6)7/h1-8H,(H2,17,18,19,24);2*(H,6,7)/i8D;;/hD4. The van der Waals surface area contributed by atoms with Gasteiger partial charge < -0.3 is 30.4 Å². The molecule has 1 aliphatic rings. The number of hydrogen-bond donors (Lipinski definition) is 3. The Morgan fingerprint density at radius 3 is 2.21 bits per heavy atom. The molecule has 202 valence electrons. The first kappa shape index (κ1) is 22.5. The van der Waals surface area contributed by atoms with E-state index in [1.165, 1.54) is 35.3 Å². The van der Waals surface area contributed by atoms with Gasteiger partial charge in [0.2, 0.25) is 0 Å².